The highest BCUT2D eigenvalue weighted by Gasteiger charge is 2.18. The molecular formula is C16H31N5. The predicted octanol–water partition coefficient (Wildman–Crippen LogP) is 2.29. The lowest BCUT2D eigenvalue weighted by Crippen LogP contribution is -2.44. The third-order valence-electron chi connectivity index (χ3n) is 4.03. The summed E-state index contributed by atoms with van der Waals surface area (Å²) in [5.74, 6) is 1.71. The average molecular weight is 293 g/mol. The van der Waals surface area contributed by atoms with E-state index in [0.29, 0.717) is 12.0 Å². The standard InChI is InChI=1S/C16H31N5/c1-4-9-20(11-15-7-5-6-8-17-15)12-16-18-13-19-21(16)10-14(2)3/h13-15,17H,4-12H2,1-3H3. The summed E-state index contributed by atoms with van der Waals surface area (Å²) in [5, 5.41) is 8.03. The molecule has 0 spiro atoms. The second-order valence-electron chi connectivity index (χ2n) is 6.63. The third-order valence-corrected chi connectivity index (χ3v) is 4.03. The Balaban J connectivity index is 1.93. The maximum Gasteiger partial charge on any atom is 0.141 e. The Bertz CT molecular complexity index is 395. The Hall–Kier alpha value is -0.940. The Morgan fingerprint density at radius 2 is 2.29 bits per heavy atom. The van der Waals surface area contributed by atoms with Gasteiger partial charge in [0.1, 0.15) is 12.2 Å². The van der Waals surface area contributed by atoms with E-state index in [1.807, 2.05) is 0 Å². The van der Waals surface area contributed by atoms with Crippen LogP contribution < -0.4 is 5.32 Å². The van der Waals surface area contributed by atoms with Crippen LogP contribution in [0.4, 0.5) is 0 Å². The second kappa shape index (κ2) is 8.49. The van der Waals surface area contributed by atoms with E-state index in [4.69, 9.17) is 0 Å². The van der Waals surface area contributed by atoms with E-state index in [9.17, 15) is 0 Å². The molecule has 1 aromatic rings. The van der Waals surface area contributed by atoms with Gasteiger partial charge >= 0.3 is 0 Å². The number of piperidine rings is 1. The molecule has 0 amide bonds. The molecule has 0 aromatic carbocycles. The van der Waals surface area contributed by atoms with Crippen molar-refractivity contribution in [2.45, 2.75) is 65.6 Å². The van der Waals surface area contributed by atoms with Crippen molar-refractivity contribution in [2.24, 2.45) is 5.92 Å². The van der Waals surface area contributed by atoms with E-state index in [-0.39, 0.29) is 0 Å². The van der Waals surface area contributed by atoms with Gasteiger partial charge in [-0.15, -0.1) is 0 Å². The maximum atomic E-state index is 4.47. The van der Waals surface area contributed by atoms with E-state index in [1.165, 1.54) is 32.2 Å². The fourth-order valence-electron chi connectivity index (χ4n) is 3.05. The van der Waals surface area contributed by atoms with Gasteiger partial charge in [-0.2, -0.15) is 5.10 Å². The van der Waals surface area contributed by atoms with Gasteiger partial charge in [-0.25, -0.2) is 9.67 Å². The van der Waals surface area contributed by atoms with Gasteiger partial charge in [0.2, 0.25) is 0 Å². The van der Waals surface area contributed by atoms with Crippen molar-refractivity contribution < 1.29 is 0 Å². The van der Waals surface area contributed by atoms with Gasteiger partial charge in [0.05, 0.1) is 6.54 Å². The van der Waals surface area contributed by atoms with Gasteiger partial charge in [-0.1, -0.05) is 27.2 Å². The Labute approximate surface area is 129 Å². The van der Waals surface area contributed by atoms with E-state index >= 15 is 0 Å². The van der Waals surface area contributed by atoms with Crippen LogP contribution in [0.25, 0.3) is 0 Å². The zero-order chi connectivity index (χ0) is 15.1. The summed E-state index contributed by atoms with van der Waals surface area (Å²) in [4.78, 5) is 7.01. The number of hydrogen-bond acceptors (Lipinski definition) is 4. The molecule has 21 heavy (non-hydrogen) atoms. The van der Waals surface area contributed by atoms with Gasteiger partial charge in [-0.3, -0.25) is 4.90 Å². The van der Waals surface area contributed by atoms with Crippen LogP contribution in [0.2, 0.25) is 0 Å². The summed E-state index contributed by atoms with van der Waals surface area (Å²) >= 11 is 0. The number of hydrogen-bond donors (Lipinski definition) is 1. The smallest absolute Gasteiger partial charge is 0.141 e. The van der Waals surface area contributed by atoms with Gasteiger partial charge in [-0.05, 0) is 38.3 Å². The van der Waals surface area contributed by atoms with E-state index in [0.717, 1.165) is 32.0 Å². The number of aromatic nitrogens is 3. The van der Waals surface area contributed by atoms with E-state index in [2.05, 4.69) is 45.8 Å². The molecule has 2 heterocycles. The van der Waals surface area contributed by atoms with Gasteiger partial charge in [0, 0.05) is 19.1 Å². The van der Waals surface area contributed by atoms with Crippen LogP contribution in [0, 0.1) is 5.92 Å². The Morgan fingerprint density at radius 3 is 2.95 bits per heavy atom. The van der Waals surface area contributed by atoms with Crippen molar-refractivity contribution in [3.63, 3.8) is 0 Å². The lowest BCUT2D eigenvalue weighted by molar-refractivity contribution is 0.208. The molecule has 1 N–H and O–H groups in total. The van der Waals surface area contributed by atoms with Crippen molar-refractivity contribution >= 4 is 0 Å². The van der Waals surface area contributed by atoms with Crippen molar-refractivity contribution in [2.75, 3.05) is 19.6 Å². The summed E-state index contributed by atoms with van der Waals surface area (Å²) in [6, 6.07) is 0.645. The lowest BCUT2D eigenvalue weighted by atomic mass is 10.0. The van der Waals surface area contributed by atoms with Crippen LogP contribution in [-0.2, 0) is 13.1 Å². The molecule has 0 bridgehead atoms. The minimum absolute atomic E-state index is 0.602. The van der Waals surface area contributed by atoms with Crippen molar-refractivity contribution in [1.82, 2.24) is 25.0 Å². The first kappa shape index (κ1) is 16.4. The highest BCUT2D eigenvalue weighted by Crippen LogP contribution is 2.11. The van der Waals surface area contributed by atoms with Crippen molar-refractivity contribution in [3.8, 4) is 0 Å². The fraction of sp³-hybridized carbons (Fsp3) is 0.875. The molecular weight excluding hydrogens is 262 g/mol. The van der Waals surface area contributed by atoms with Gasteiger partial charge in [0.15, 0.2) is 0 Å². The molecule has 1 atom stereocenters. The summed E-state index contributed by atoms with van der Waals surface area (Å²) in [6.07, 6.45) is 6.87. The highest BCUT2D eigenvalue weighted by molar-refractivity contribution is 4.87. The molecule has 5 heteroatoms. The fourth-order valence-corrected chi connectivity index (χ4v) is 3.05. The maximum absolute atomic E-state index is 4.47. The second-order valence-corrected chi connectivity index (χ2v) is 6.63. The van der Waals surface area contributed by atoms with Gasteiger partial charge in [0.25, 0.3) is 0 Å². The first-order valence-corrected chi connectivity index (χ1v) is 8.51. The van der Waals surface area contributed by atoms with Crippen molar-refractivity contribution in [1.29, 1.82) is 0 Å². The molecule has 1 aliphatic rings. The first-order valence-electron chi connectivity index (χ1n) is 8.51. The lowest BCUT2D eigenvalue weighted by Gasteiger charge is -2.30. The third kappa shape index (κ3) is 5.40. The van der Waals surface area contributed by atoms with E-state index in [1.54, 1.807) is 6.33 Å². The molecule has 1 unspecified atom stereocenters. The highest BCUT2D eigenvalue weighted by atomic mass is 15.3. The molecule has 0 aliphatic carbocycles. The molecule has 120 valence electrons. The van der Waals surface area contributed by atoms with Crippen LogP contribution in [0.15, 0.2) is 6.33 Å². The van der Waals surface area contributed by atoms with Crippen LogP contribution >= 0.6 is 0 Å². The van der Waals surface area contributed by atoms with Crippen LogP contribution in [0.5, 0.6) is 0 Å². The minimum atomic E-state index is 0.602. The summed E-state index contributed by atoms with van der Waals surface area (Å²) in [5.41, 5.74) is 0. The van der Waals surface area contributed by atoms with Crippen LogP contribution in [0.1, 0.15) is 52.3 Å². The van der Waals surface area contributed by atoms with Crippen molar-refractivity contribution in [3.05, 3.63) is 12.2 Å². The first-order chi connectivity index (χ1) is 10.2. The summed E-state index contributed by atoms with van der Waals surface area (Å²) < 4.78 is 2.07. The predicted molar refractivity (Wildman–Crippen MR) is 86.1 cm³/mol. The molecule has 2 rings (SSSR count). The zero-order valence-electron chi connectivity index (χ0n) is 13.9. The van der Waals surface area contributed by atoms with Gasteiger partial charge < -0.3 is 5.32 Å². The molecule has 1 saturated heterocycles. The Kier molecular flexibility index (Phi) is 6.64. The summed E-state index contributed by atoms with van der Waals surface area (Å²) in [6.45, 7) is 12.0. The van der Waals surface area contributed by atoms with E-state index < -0.39 is 0 Å². The molecule has 5 nitrogen and oxygen atoms in total. The molecule has 0 saturated carbocycles. The largest absolute Gasteiger partial charge is 0.313 e. The normalized spacial score (nSPS) is 19.6. The topological polar surface area (TPSA) is 46.0 Å². The van der Waals surface area contributed by atoms with Crippen LogP contribution in [0.3, 0.4) is 0 Å². The minimum Gasteiger partial charge on any atom is -0.313 e. The molecule has 1 aliphatic heterocycles. The molecule has 0 radical (unpaired) electrons. The monoisotopic (exact) mass is 293 g/mol. The SMILES string of the molecule is CCCN(Cc1ncnn1CC(C)C)CC1CCCCN1. The average Bonchev–Trinajstić information content (AvgIpc) is 2.86. The molecule has 1 fully saturated rings. The molecule has 1 aromatic heterocycles. The quantitative estimate of drug-likeness (QED) is 0.799. The number of nitrogens with one attached hydrogen (secondary N) is 1. The number of nitrogens with zero attached hydrogens (tertiary/aromatic N) is 4. The Morgan fingerprint density at radius 1 is 1.43 bits per heavy atom. The number of rotatable bonds is 8. The van der Waals surface area contributed by atoms with Crippen LogP contribution in [-0.4, -0.2) is 45.3 Å². The summed E-state index contributed by atoms with van der Waals surface area (Å²) in [7, 11) is 0. The zero-order valence-corrected chi connectivity index (χ0v) is 13.9.